The summed E-state index contributed by atoms with van der Waals surface area (Å²) >= 11 is 0. The number of hydrogen-bond donors (Lipinski definition) is 1. The van der Waals surface area contributed by atoms with Crippen molar-refractivity contribution in [2.75, 3.05) is 12.4 Å². The van der Waals surface area contributed by atoms with Crippen LogP contribution >= 0.6 is 0 Å². The average molecular weight is 512 g/mol. The third-order valence-electron chi connectivity index (χ3n) is 6.88. The third-order valence-corrected chi connectivity index (χ3v) is 6.88. The van der Waals surface area contributed by atoms with E-state index in [1.807, 2.05) is 0 Å². The quantitative estimate of drug-likeness (QED) is 0.426. The van der Waals surface area contributed by atoms with E-state index in [4.69, 9.17) is 0 Å². The van der Waals surface area contributed by atoms with Crippen LogP contribution in [0.15, 0.2) is 36.4 Å². The molecule has 3 unspecified atom stereocenters. The van der Waals surface area contributed by atoms with Gasteiger partial charge in [0.15, 0.2) is 0 Å². The van der Waals surface area contributed by atoms with Gasteiger partial charge in [-0.05, 0) is 55.5 Å². The minimum Gasteiger partial charge on any atom is -0.326 e. The van der Waals surface area contributed by atoms with E-state index < -0.39 is 58.3 Å². The molecule has 2 aromatic carbocycles. The molecule has 1 saturated heterocycles. The van der Waals surface area contributed by atoms with Gasteiger partial charge in [0.25, 0.3) is 0 Å². The summed E-state index contributed by atoms with van der Waals surface area (Å²) < 4.78 is 82.5. The zero-order chi connectivity index (χ0) is 26.6. The summed E-state index contributed by atoms with van der Waals surface area (Å²) in [6.07, 6.45) is -9.19. The number of halogens is 6. The number of benzene rings is 2. The van der Waals surface area contributed by atoms with Crippen molar-refractivity contribution in [3.8, 4) is 11.1 Å². The second-order valence-electron chi connectivity index (χ2n) is 9.25. The van der Waals surface area contributed by atoms with Crippen LogP contribution in [0.1, 0.15) is 36.0 Å². The molecule has 36 heavy (non-hydrogen) atoms. The molecule has 2 aliphatic rings. The van der Waals surface area contributed by atoms with Gasteiger partial charge in [0.1, 0.15) is 0 Å². The molecule has 3 atom stereocenters. The van der Waals surface area contributed by atoms with Crippen molar-refractivity contribution in [2.24, 2.45) is 17.8 Å². The molecule has 0 spiro atoms. The number of rotatable bonds is 3. The Morgan fingerprint density at radius 1 is 0.861 bits per heavy atom. The highest BCUT2D eigenvalue weighted by molar-refractivity contribution is 6.05. The van der Waals surface area contributed by atoms with E-state index in [-0.39, 0.29) is 35.9 Å². The molecule has 1 heterocycles. The van der Waals surface area contributed by atoms with Crippen LogP contribution in [0.3, 0.4) is 0 Å². The molecule has 5 nitrogen and oxygen atoms in total. The number of nitrogens with zero attached hydrogens (tertiary/aromatic N) is 1. The largest absolute Gasteiger partial charge is 0.417 e. The fourth-order valence-corrected chi connectivity index (χ4v) is 5.05. The minimum atomic E-state index is -5.00. The van der Waals surface area contributed by atoms with Crippen LogP contribution in [0.2, 0.25) is 0 Å². The SMILES string of the molecule is Cc1ccc(-c2ccc(NC(=O)C3CCC4C(=O)N(C)C(=O)C4C3)cc2C(F)(F)F)c(C(F)(F)F)c1. The second kappa shape index (κ2) is 8.94. The predicted molar refractivity (Wildman–Crippen MR) is 117 cm³/mol. The van der Waals surface area contributed by atoms with Gasteiger partial charge in [-0.3, -0.25) is 19.3 Å². The van der Waals surface area contributed by atoms with Crippen LogP contribution in [-0.4, -0.2) is 29.7 Å². The number of fused-ring (bicyclic) bond motifs is 1. The van der Waals surface area contributed by atoms with E-state index in [1.54, 1.807) is 0 Å². The van der Waals surface area contributed by atoms with Gasteiger partial charge in [-0.1, -0.05) is 23.8 Å². The summed E-state index contributed by atoms with van der Waals surface area (Å²) in [5.74, 6) is -3.15. The van der Waals surface area contributed by atoms with Gasteiger partial charge in [-0.2, -0.15) is 26.3 Å². The van der Waals surface area contributed by atoms with Crippen molar-refractivity contribution >= 4 is 23.4 Å². The van der Waals surface area contributed by atoms with Gasteiger partial charge in [-0.25, -0.2) is 0 Å². The Kier molecular flexibility index (Phi) is 6.38. The molecular weight excluding hydrogens is 490 g/mol. The number of alkyl halides is 6. The summed E-state index contributed by atoms with van der Waals surface area (Å²) in [6.45, 7) is 1.41. The molecule has 4 rings (SSSR count). The highest BCUT2D eigenvalue weighted by Crippen LogP contribution is 2.44. The first-order valence-corrected chi connectivity index (χ1v) is 11.2. The van der Waals surface area contributed by atoms with Crippen molar-refractivity contribution in [3.05, 3.63) is 53.1 Å². The Labute approximate surface area is 202 Å². The lowest BCUT2D eigenvalue weighted by Crippen LogP contribution is -2.33. The number of likely N-dealkylation sites (tertiary alicyclic amines) is 1. The number of carbonyl (C=O) groups excluding carboxylic acids is 3. The van der Waals surface area contributed by atoms with Crippen LogP contribution in [0, 0.1) is 24.7 Å². The smallest absolute Gasteiger partial charge is 0.326 e. The number of imide groups is 1. The zero-order valence-electron chi connectivity index (χ0n) is 19.3. The highest BCUT2D eigenvalue weighted by Gasteiger charge is 2.49. The number of carbonyl (C=O) groups is 3. The van der Waals surface area contributed by atoms with Gasteiger partial charge in [0, 0.05) is 18.7 Å². The second-order valence-corrected chi connectivity index (χ2v) is 9.25. The van der Waals surface area contributed by atoms with Crippen LogP contribution in [0.4, 0.5) is 32.0 Å². The van der Waals surface area contributed by atoms with Crippen LogP contribution in [-0.2, 0) is 26.7 Å². The average Bonchev–Trinajstić information content (AvgIpc) is 3.01. The Balaban J connectivity index is 1.62. The van der Waals surface area contributed by atoms with E-state index in [1.165, 1.54) is 20.0 Å². The van der Waals surface area contributed by atoms with E-state index in [2.05, 4.69) is 5.32 Å². The third kappa shape index (κ3) is 4.70. The monoisotopic (exact) mass is 512 g/mol. The highest BCUT2D eigenvalue weighted by atomic mass is 19.4. The standard InChI is InChI=1S/C25H22F6N2O3/c1-12-3-6-15(19(9-12)24(26,27)28)16-8-5-14(11-20(16)25(29,30)31)32-21(34)13-4-7-17-18(10-13)23(36)33(2)22(17)35/h3,5-6,8-9,11,13,17-18H,4,7,10H2,1-2H3,(H,32,34). The lowest BCUT2D eigenvalue weighted by molar-refractivity contribution is -0.139. The lowest BCUT2D eigenvalue weighted by Gasteiger charge is -2.28. The Bertz CT molecular complexity index is 1240. The maximum absolute atomic E-state index is 13.9. The van der Waals surface area contributed by atoms with E-state index >= 15 is 0 Å². The Morgan fingerprint density at radius 3 is 2.03 bits per heavy atom. The van der Waals surface area contributed by atoms with Gasteiger partial charge in [0.05, 0.1) is 23.0 Å². The molecule has 2 fully saturated rings. The molecule has 192 valence electrons. The number of amides is 3. The number of aryl methyl sites for hydroxylation is 1. The maximum atomic E-state index is 13.9. The van der Waals surface area contributed by atoms with E-state index in [0.29, 0.717) is 12.5 Å². The minimum absolute atomic E-state index is 0.0912. The van der Waals surface area contributed by atoms with Crippen LogP contribution in [0.5, 0.6) is 0 Å². The maximum Gasteiger partial charge on any atom is 0.417 e. The summed E-state index contributed by atoms with van der Waals surface area (Å²) in [5, 5.41) is 2.40. The zero-order valence-corrected chi connectivity index (χ0v) is 19.3. The summed E-state index contributed by atoms with van der Waals surface area (Å²) in [7, 11) is 1.37. The molecule has 0 bridgehead atoms. The van der Waals surface area contributed by atoms with Gasteiger partial charge in [-0.15, -0.1) is 0 Å². The summed E-state index contributed by atoms with van der Waals surface area (Å²) in [6, 6.07) is 5.71. The Morgan fingerprint density at radius 2 is 1.42 bits per heavy atom. The van der Waals surface area contributed by atoms with Gasteiger partial charge >= 0.3 is 12.4 Å². The molecule has 3 amide bonds. The Hall–Kier alpha value is -3.37. The molecule has 1 aliphatic carbocycles. The molecule has 1 N–H and O–H groups in total. The number of hydrogen-bond acceptors (Lipinski definition) is 3. The van der Waals surface area contributed by atoms with Crippen molar-refractivity contribution < 1.29 is 40.7 Å². The molecule has 0 aromatic heterocycles. The van der Waals surface area contributed by atoms with Crippen molar-refractivity contribution in [1.29, 1.82) is 0 Å². The van der Waals surface area contributed by atoms with Crippen molar-refractivity contribution in [1.82, 2.24) is 4.90 Å². The molecular formula is C25H22F6N2O3. The normalized spacial score (nSPS) is 22.6. The van der Waals surface area contributed by atoms with Gasteiger partial charge in [0.2, 0.25) is 17.7 Å². The first-order valence-electron chi connectivity index (χ1n) is 11.2. The molecule has 1 aliphatic heterocycles. The molecule has 11 heteroatoms. The lowest BCUT2D eigenvalue weighted by atomic mass is 9.75. The molecule has 0 radical (unpaired) electrons. The van der Waals surface area contributed by atoms with E-state index in [0.717, 1.165) is 29.2 Å². The van der Waals surface area contributed by atoms with Crippen LogP contribution in [0.25, 0.3) is 11.1 Å². The molecule has 2 aromatic rings. The number of anilines is 1. The topological polar surface area (TPSA) is 66.5 Å². The first kappa shape index (κ1) is 25.7. The predicted octanol–water partition coefficient (Wildman–Crippen LogP) is 5.67. The fourth-order valence-electron chi connectivity index (χ4n) is 5.05. The number of nitrogens with one attached hydrogen (secondary N) is 1. The first-order chi connectivity index (χ1) is 16.7. The molecule has 1 saturated carbocycles. The van der Waals surface area contributed by atoms with Gasteiger partial charge < -0.3 is 5.32 Å². The van der Waals surface area contributed by atoms with E-state index in [9.17, 15) is 40.7 Å². The summed E-state index contributed by atoms with van der Waals surface area (Å²) in [4.78, 5) is 38.3. The van der Waals surface area contributed by atoms with Crippen molar-refractivity contribution in [3.63, 3.8) is 0 Å². The summed E-state index contributed by atoms with van der Waals surface area (Å²) in [5.41, 5.74) is -3.79. The van der Waals surface area contributed by atoms with Crippen LogP contribution < -0.4 is 5.32 Å². The fraction of sp³-hybridized carbons (Fsp3) is 0.400. The van der Waals surface area contributed by atoms with Crippen molar-refractivity contribution in [2.45, 2.75) is 38.5 Å².